The Morgan fingerprint density at radius 1 is 1.18 bits per heavy atom. The number of nitrogens with zero attached hydrogens (tertiary/aromatic N) is 4. The van der Waals surface area contributed by atoms with Crippen LogP contribution >= 0.6 is 0 Å². The first-order valence-electron chi connectivity index (χ1n) is 13.7. The lowest BCUT2D eigenvalue weighted by Crippen LogP contribution is -2.48. The molecule has 2 fully saturated rings. The van der Waals surface area contributed by atoms with Gasteiger partial charge >= 0.3 is 10.2 Å². The lowest BCUT2D eigenvalue weighted by atomic mass is 9.94. The molecule has 3 heterocycles. The van der Waals surface area contributed by atoms with E-state index in [-0.39, 0.29) is 23.8 Å². The number of carbonyl (C=O) groups is 1. The molecule has 0 radical (unpaired) electrons. The highest BCUT2D eigenvalue weighted by Gasteiger charge is 2.34. The number of imidazole rings is 1. The van der Waals surface area contributed by atoms with Gasteiger partial charge in [0.15, 0.2) is 0 Å². The minimum absolute atomic E-state index is 0.0306. The van der Waals surface area contributed by atoms with Gasteiger partial charge in [0.25, 0.3) is 0 Å². The van der Waals surface area contributed by atoms with E-state index < -0.39 is 10.2 Å². The molecule has 2 aromatic rings. The summed E-state index contributed by atoms with van der Waals surface area (Å²) in [5.74, 6) is 1.25. The summed E-state index contributed by atoms with van der Waals surface area (Å²) in [6.45, 7) is 9.98. The van der Waals surface area contributed by atoms with Crippen LogP contribution in [0.3, 0.4) is 0 Å². The van der Waals surface area contributed by atoms with Gasteiger partial charge in [-0.2, -0.15) is 12.7 Å². The normalized spacial score (nSPS) is 18.7. The van der Waals surface area contributed by atoms with Crippen molar-refractivity contribution >= 4 is 32.8 Å². The van der Waals surface area contributed by atoms with Crippen LogP contribution in [-0.2, 0) is 31.7 Å². The molecule has 2 aliphatic heterocycles. The van der Waals surface area contributed by atoms with E-state index in [9.17, 15) is 13.2 Å². The molecule has 38 heavy (non-hydrogen) atoms. The lowest BCUT2D eigenvalue weighted by molar-refractivity contribution is -0.126. The van der Waals surface area contributed by atoms with Crippen molar-refractivity contribution in [2.45, 2.75) is 64.8 Å². The maximum Gasteiger partial charge on any atom is 0.303 e. The predicted octanol–water partition coefficient (Wildman–Crippen LogP) is 2.65. The SMILES string of the molecule is CN(c1ccc2c(c1)nc(C(C)(C)C)n2CC1CCOCC1)S(=O)(=O)N1CCC(C(=O)NCCCO)CC1. The molecule has 2 saturated heterocycles. The monoisotopic (exact) mass is 549 g/mol. The number of benzene rings is 1. The molecule has 0 saturated carbocycles. The number of aliphatic hydroxyl groups is 1. The number of amides is 1. The van der Waals surface area contributed by atoms with E-state index in [2.05, 4.69) is 30.7 Å². The maximum atomic E-state index is 13.5. The van der Waals surface area contributed by atoms with Gasteiger partial charge in [-0.25, -0.2) is 4.98 Å². The van der Waals surface area contributed by atoms with Crippen LogP contribution in [0.2, 0.25) is 0 Å². The van der Waals surface area contributed by atoms with Gasteiger partial charge in [0, 0.05) is 64.4 Å². The standard InChI is InChI=1S/C27H43N5O5S/c1-27(2,3)26-29-23-18-22(6-7-24(23)32(26)19-20-10-16-37-17-11-20)30(4)38(35,36)31-13-8-21(9-14-31)25(34)28-12-5-15-33/h6-7,18,20-21,33H,5,8-17,19H2,1-4H3,(H,28,34). The van der Waals surface area contributed by atoms with E-state index in [0.29, 0.717) is 50.5 Å². The van der Waals surface area contributed by atoms with E-state index in [0.717, 1.165) is 49.5 Å². The number of rotatable bonds is 9. The van der Waals surface area contributed by atoms with Gasteiger partial charge in [-0.15, -0.1) is 0 Å². The predicted molar refractivity (Wildman–Crippen MR) is 148 cm³/mol. The van der Waals surface area contributed by atoms with Crippen LogP contribution in [0.4, 0.5) is 5.69 Å². The zero-order valence-corrected chi connectivity index (χ0v) is 24.0. The van der Waals surface area contributed by atoms with Gasteiger partial charge in [-0.1, -0.05) is 20.8 Å². The fourth-order valence-corrected chi connectivity index (χ4v) is 6.75. The highest BCUT2D eigenvalue weighted by Crippen LogP contribution is 2.32. The van der Waals surface area contributed by atoms with E-state index in [1.54, 1.807) is 7.05 Å². The molecule has 1 aromatic heterocycles. The van der Waals surface area contributed by atoms with Crippen LogP contribution in [-0.4, -0.2) is 79.8 Å². The van der Waals surface area contributed by atoms with Crippen molar-refractivity contribution in [2.75, 3.05) is 50.8 Å². The third-order valence-corrected chi connectivity index (χ3v) is 9.60. The largest absolute Gasteiger partial charge is 0.396 e. The molecule has 11 heteroatoms. The van der Waals surface area contributed by atoms with Crippen molar-refractivity contribution in [1.82, 2.24) is 19.2 Å². The summed E-state index contributed by atoms with van der Waals surface area (Å²) >= 11 is 0. The Bertz CT molecular complexity index is 1210. The molecule has 4 rings (SSSR count). The fourth-order valence-electron chi connectivity index (χ4n) is 5.35. The summed E-state index contributed by atoms with van der Waals surface area (Å²) in [6.07, 6.45) is 3.52. The molecule has 0 spiro atoms. The number of fused-ring (bicyclic) bond motifs is 1. The second-order valence-corrected chi connectivity index (χ2v) is 13.5. The Labute approximate surface area is 226 Å². The van der Waals surface area contributed by atoms with E-state index >= 15 is 0 Å². The average Bonchev–Trinajstić information content (AvgIpc) is 3.27. The number of aromatic nitrogens is 2. The first-order valence-corrected chi connectivity index (χ1v) is 15.1. The number of hydrogen-bond acceptors (Lipinski definition) is 6. The van der Waals surface area contributed by atoms with Crippen LogP contribution in [0.1, 0.15) is 58.7 Å². The smallest absolute Gasteiger partial charge is 0.303 e. The lowest BCUT2D eigenvalue weighted by Gasteiger charge is -2.33. The summed E-state index contributed by atoms with van der Waals surface area (Å²) in [4.78, 5) is 17.3. The van der Waals surface area contributed by atoms with Crippen LogP contribution in [0.5, 0.6) is 0 Å². The van der Waals surface area contributed by atoms with Crippen LogP contribution in [0.15, 0.2) is 18.2 Å². The highest BCUT2D eigenvalue weighted by molar-refractivity contribution is 7.90. The molecule has 0 bridgehead atoms. The molecular weight excluding hydrogens is 506 g/mol. The van der Waals surface area contributed by atoms with Crippen LogP contribution < -0.4 is 9.62 Å². The van der Waals surface area contributed by atoms with E-state index in [4.69, 9.17) is 14.8 Å². The van der Waals surface area contributed by atoms with Crippen LogP contribution in [0, 0.1) is 11.8 Å². The van der Waals surface area contributed by atoms with Crippen molar-refractivity contribution < 1.29 is 23.1 Å². The summed E-state index contributed by atoms with van der Waals surface area (Å²) in [5.41, 5.74) is 2.22. The topological polar surface area (TPSA) is 117 Å². The van der Waals surface area contributed by atoms with E-state index in [1.165, 1.54) is 8.61 Å². The molecule has 0 unspecified atom stereocenters. The second kappa shape index (κ2) is 11.9. The summed E-state index contributed by atoms with van der Waals surface area (Å²) in [6, 6.07) is 5.71. The third kappa shape index (κ3) is 6.32. The summed E-state index contributed by atoms with van der Waals surface area (Å²) < 4.78 is 37.6. The maximum absolute atomic E-state index is 13.5. The first-order chi connectivity index (χ1) is 18.0. The summed E-state index contributed by atoms with van der Waals surface area (Å²) in [5, 5.41) is 11.7. The number of ether oxygens (including phenoxy) is 1. The molecule has 1 amide bonds. The number of carbonyl (C=O) groups excluding carboxylic acids is 1. The van der Waals surface area contributed by atoms with Gasteiger partial charge in [0.05, 0.1) is 16.7 Å². The van der Waals surface area contributed by atoms with Gasteiger partial charge < -0.3 is 19.7 Å². The van der Waals surface area contributed by atoms with Crippen LogP contribution in [0.25, 0.3) is 11.0 Å². The quantitative estimate of drug-likeness (QED) is 0.465. The summed E-state index contributed by atoms with van der Waals surface area (Å²) in [7, 11) is -2.18. The van der Waals surface area contributed by atoms with Crippen molar-refractivity contribution in [2.24, 2.45) is 11.8 Å². The average molecular weight is 550 g/mol. The molecule has 10 nitrogen and oxygen atoms in total. The molecule has 0 atom stereocenters. The molecule has 2 N–H and O–H groups in total. The van der Waals surface area contributed by atoms with E-state index in [1.807, 2.05) is 18.2 Å². The second-order valence-electron chi connectivity index (χ2n) is 11.5. The zero-order valence-electron chi connectivity index (χ0n) is 23.1. The number of piperidine rings is 1. The molecule has 212 valence electrons. The zero-order chi connectivity index (χ0) is 27.5. The third-order valence-electron chi connectivity index (χ3n) is 7.68. The Hall–Kier alpha value is -2.21. The number of nitrogens with one attached hydrogen (secondary N) is 1. The number of hydrogen-bond donors (Lipinski definition) is 2. The molecule has 2 aliphatic rings. The van der Waals surface area contributed by atoms with Gasteiger partial charge in [-0.05, 0) is 56.2 Å². The Balaban J connectivity index is 1.50. The first kappa shape index (κ1) is 28.8. The Morgan fingerprint density at radius 3 is 2.50 bits per heavy atom. The number of anilines is 1. The van der Waals surface area contributed by atoms with Crippen molar-refractivity contribution in [3.63, 3.8) is 0 Å². The molecular formula is C27H43N5O5S. The van der Waals surface area contributed by atoms with Crippen molar-refractivity contribution in [3.8, 4) is 0 Å². The van der Waals surface area contributed by atoms with Gasteiger partial charge in [-0.3, -0.25) is 9.10 Å². The fraction of sp³-hybridized carbons (Fsp3) is 0.704. The Morgan fingerprint density at radius 2 is 1.87 bits per heavy atom. The van der Waals surface area contributed by atoms with Gasteiger partial charge in [0.2, 0.25) is 5.91 Å². The minimum Gasteiger partial charge on any atom is -0.396 e. The van der Waals surface area contributed by atoms with Crippen molar-refractivity contribution in [3.05, 3.63) is 24.0 Å². The Kier molecular flexibility index (Phi) is 9.01. The van der Waals surface area contributed by atoms with Gasteiger partial charge in [0.1, 0.15) is 5.82 Å². The van der Waals surface area contributed by atoms with Crippen molar-refractivity contribution in [1.29, 1.82) is 0 Å². The number of aliphatic hydroxyl groups excluding tert-OH is 1. The molecule has 1 aromatic carbocycles. The minimum atomic E-state index is -3.75. The molecule has 0 aliphatic carbocycles. The highest BCUT2D eigenvalue weighted by atomic mass is 32.2.